The molecular formula is C21H13FN2O3S2. The van der Waals surface area contributed by atoms with Crippen molar-refractivity contribution in [2.24, 2.45) is 0 Å². The van der Waals surface area contributed by atoms with Crippen LogP contribution in [0.4, 0.5) is 10.1 Å². The third-order valence-corrected chi connectivity index (χ3v) is 5.26. The van der Waals surface area contributed by atoms with Gasteiger partial charge in [-0.15, -0.1) is 0 Å². The number of thiocarbonyl (C=S) groups is 1. The summed E-state index contributed by atoms with van der Waals surface area (Å²) >= 11 is 6.48. The maximum Gasteiger partial charge on any atom is 0.270 e. The minimum atomic E-state index is -0.725. The van der Waals surface area contributed by atoms with Crippen molar-refractivity contribution in [3.63, 3.8) is 0 Å². The van der Waals surface area contributed by atoms with Crippen molar-refractivity contribution in [2.45, 2.75) is 9.99 Å². The minimum absolute atomic E-state index is 0.0341. The van der Waals surface area contributed by atoms with E-state index in [0.717, 1.165) is 9.80 Å². The third kappa shape index (κ3) is 3.98. The Morgan fingerprint density at radius 2 is 1.72 bits per heavy atom. The van der Waals surface area contributed by atoms with Gasteiger partial charge >= 0.3 is 0 Å². The van der Waals surface area contributed by atoms with Crippen molar-refractivity contribution < 1.29 is 18.4 Å². The van der Waals surface area contributed by atoms with Gasteiger partial charge in [-0.1, -0.05) is 42.1 Å². The molecule has 2 heterocycles. The predicted octanol–water partition coefficient (Wildman–Crippen LogP) is 4.40. The summed E-state index contributed by atoms with van der Waals surface area (Å²) in [6.07, 6.45) is 1.32. The monoisotopic (exact) mass is 424 g/mol. The average molecular weight is 424 g/mol. The number of nitrogens with one attached hydrogen (secondary N) is 1. The Hall–Kier alpha value is -3.23. The Morgan fingerprint density at radius 3 is 2.48 bits per heavy atom. The van der Waals surface area contributed by atoms with Crippen molar-refractivity contribution in [1.82, 2.24) is 5.32 Å². The van der Waals surface area contributed by atoms with Crippen molar-refractivity contribution in [3.8, 4) is 0 Å². The first-order chi connectivity index (χ1) is 14.0. The van der Waals surface area contributed by atoms with Crippen molar-refractivity contribution in [2.75, 3.05) is 4.90 Å². The van der Waals surface area contributed by atoms with Crippen LogP contribution in [-0.4, -0.2) is 16.9 Å². The zero-order valence-electron chi connectivity index (χ0n) is 14.8. The first kappa shape index (κ1) is 19.1. The number of carbonyl (C=O) groups is 2. The lowest BCUT2D eigenvalue weighted by atomic mass is 10.1. The van der Waals surface area contributed by atoms with Crippen LogP contribution in [0.1, 0.15) is 5.76 Å². The average Bonchev–Trinajstić information content (AvgIpc) is 3.14. The number of para-hydroxylation sites is 1. The number of hydrogen-bond acceptors (Lipinski definition) is 5. The zero-order chi connectivity index (χ0) is 20.4. The topological polar surface area (TPSA) is 62.6 Å². The number of halogens is 1. The second-order valence-electron chi connectivity index (χ2n) is 5.98. The van der Waals surface area contributed by atoms with Gasteiger partial charge < -0.3 is 4.42 Å². The van der Waals surface area contributed by atoms with Gasteiger partial charge in [-0.3, -0.25) is 14.9 Å². The summed E-state index contributed by atoms with van der Waals surface area (Å²) < 4.78 is 19.9. The summed E-state index contributed by atoms with van der Waals surface area (Å²) in [6, 6.07) is 18.7. The highest BCUT2D eigenvalue weighted by atomic mass is 32.2. The van der Waals surface area contributed by atoms with E-state index in [1.165, 1.54) is 36.0 Å². The molecule has 0 bridgehead atoms. The fourth-order valence-corrected chi connectivity index (χ4v) is 3.80. The van der Waals surface area contributed by atoms with Gasteiger partial charge in [0, 0.05) is 4.90 Å². The van der Waals surface area contributed by atoms with E-state index in [2.05, 4.69) is 5.32 Å². The molecule has 3 aromatic rings. The molecular weight excluding hydrogens is 411 g/mol. The first-order valence-corrected chi connectivity index (χ1v) is 9.74. The molecule has 0 atom stereocenters. The minimum Gasteiger partial charge on any atom is -0.450 e. The highest BCUT2D eigenvalue weighted by Crippen LogP contribution is 2.30. The molecule has 0 spiro atoms. The largest absolute Gasteiger partial charge is 0.450 e. The lowest BCUT2D eigenvalue weighted by molar-refractivity contribution is -0.122. The molecule has 5 nitrogen and oxygen atoms in total. The van der Waals surface area contributed by atoms with Gasteiger partial charge in [0.2, 0.25) is 0 Å². The van der Waals surface area contributed by atoms with Crippen LogP contribution in [0.15, 0.2) is 86.7 Å². The molecule has 1 N–H and O–H groups in total. The molecule has 2 amide bonds. The molecule has 8 heteroatoms. The van der Waals surface area contributed by atoms with Crippen LogP contribution in [0.5, 0.6) is 0 Å². The Labute approximate surface area is 175 Å². The van der Waals surface area contributed by atoms with E-state index in [4.69, 9.17) is 16.6 Å². The summed E-state index contributed by atoms with van der Waals surface area (Å²) in [5.74, 6) is -1.69. The maximum absolute atomic E-state index is 14.2. The Morgan fingerprint density at radius 1 is 1.00 bits per heavy atom. The van der Waals surface area contributed by atoms with Crippen molar-refractivity contribution in [3.05, 3.63) is 83.9 Å². The summed E-state index contributed by atoms with van der Waals surface area (Å²) in [4.78, 5) is 27.2. The van der Waals surface area contributed by atoms with E-state index in [0.29, 0.717) is 10.9 Å². The van der Waals surface area contributed by atoms with Gasteiger partial charge in [0.25, 0.3) is 11.8 Å². The quantitative estimate of drug-likeness (QED) is 0.382. The number of nitrogens with zero attached hydrogens (tertiary/aromatic N) is 1. The van der Waals surface area contributed by atoms with E-state index in [9.17, 15) is 14.0 Å². The molecule has 0 unspecified atom stereocenters. The van der Waals surface area contributed by atoms with Crippen molar-refractivity contribution in [1.29, 1.82) is 0 Å². The van der Waals surface area contributed by atoms with Crippen molar-refractivity contribution >= 4 is 52.7 Å². The summed E-state index contributed by atoms with van der Waals surface area (Å²) in [5, 5.41) is 2.84. The van der Waals surface area contributed by atoms with Gasteiger partial charge in [-0.25, -0.2) is 9.29 Å². The smallest absolute Gasteiger partial charge is 0.270 e. The standard InChI is InChI=1S/C21H13FN2O3S2/c22-16-8-4-5-9-17(16)24-20(26)15(19(25)23-21(24)28)12-13-10-11-18(27-13)29-14-6-2-1-3-7-14/h1-12H,(H,23,25,28)/b15-12+. The second kappa shape index (κ2) is 8.02. The summed E-state index contributed by atoms with van der Waals surface area (Å²) in [7, 11) is 0. The summed E-state index contributed by atoms with van der Waals surface area (Å²) in [5.41, 5.74) is -0.236. The van der Waals surface area contributed by atoms with E-state index in [1.807, 2.05) is 30.3 Å². The molecule has 1 saturated heterocycles. The molecule has 144 valence electrons. The zero-order valence-corrected chi connectivity index (χ0v) is 16.4. The third-order valence-electron chi connectivity index (χ3n) is 4.05. The molecule has 1 aliphatic rings. The van der Waals surface area contributed by atoms with Crippen LogP contribution in [0, 0.1) is 5.82 Å². The fraction of sp³-hybridized carbons (Fsp3) is 0. The normalized spacial score (nSPS) is 15.7. The lowest BCUT2D eigenvalue weighted by Gasteiger charge is -2.28. The van der Waals surface area contributed by atoms with Crippen LogP contribution in [0.2, 0.25) is 0 Å². The second-order valence-corrected chi connectivity index (χ2v) is 7.45. The molecule has 1 aromatic heterocycles. The van der Waals surface area contributed by atoms with Gasteiger partial charge in [0.05, 0.1) is 5.69 Å². The molecule has 0 radical (unpaired) electrons. The first-order valence-electron chi connectivity index (χ1n) is 8.51. The van der Waals surface area contributed by atoms with Gasteiger partial charge in [-0.2, -0.15) is 0 Å². The lowest BCUT2D eigenvalue weighted by Crippen LogP contribution is -2.54. The van der Waals surface area contributed by atoms with Gasteiger partial charge in [-0.05, 0) is 54.7 Å². The van der Waals surface area contributed by atoms with Crippen LogP contribution < -0.4 is 10.2 Å². The highest BCUT2D eigenvalue weighted by Gasteiger charge is 2.35. The predicted molar refractivity (Wildman–Crippen MR) is 112 cm³/mol. The van der Waals surface area contributed by atoms with E-state index in [1.54, 1.807) is 18.2 Å². The van der Waals surface area contributed by atoms with Gasteiger partial charge in [0.15, 0.2) is 10.2 Å². The fourth-order valence-electron chi connectivity index (χ4n) is 2.72. The number of carbonyl (C=O) groups excluding carboxylic acids is 2. The van der Waals surface area contributed by atoms with Gasteiger partial charge in [0.1, 0.15) is 17.2 Å². The molecule has 0 aliphatic carbocycles. The maximum atomic E-state index is 14.2. The summed E-state index contributed by atoms with van der Waals surface area (Å²) in [6.45, 7) is 0. The number of rotatable bonds is 4. The SMILES string of the molecule is O=C1NC(=S)N(c2ccccc2F)C(=O)/C1=C/c1ccc(Sc2ccccc2)o1. The molecule has 2 aromatic carbocycles. The molecule has 4 rings (SSSR count). The number of hydrogen-bond donors (Lipinski definition) is 1. The molecule has 29 heavy (non-hydrogen) atoms. The van der Waals surface area contributed by atoms with Crippen LogP contribution in [-0.2, 0) is 9.59 Å². The molecule has 1 fully saturated rings. The molecule has 1 aliphatic heterocycles. The number of furan rings is 1. The van der Waals surface area contributed by atoms with E-state index < -0.39 is 17.6 Å². The number of benzene rings is 2. The van der Waals surface area contributed by atoms with Crippen LogP contribution in [0.25, 0.3) is 6.08 Å². The molecule has 0 saturated carbocycles. The van der Waals surface area contributed by atoms with Crippen LogP contribution in [0.3, 0.4) is 0 Å². The van der Waals surface area contributed by atoms with E-state index in [-0.39, 0.29) is 16.4 Å². The van der Waals surface area contributed by atoms with E-state index >= 15 is 0 Å². The number of amides is 2. The Kier molecular flexibility index (Phi) is 5.28. The highest BCUT2D eigenvalue weighted by molar-refractivity contribution is 7.99. The Balaban J connectivity index is 1.63. The number of anilines is 1. The Bertz CT molecular complexity index is 1140. The van der Waals surface area contributed by atoms with Crippen LogP contribution >= 0.6 is 24.0 Å².